The highest BCUT2D eigenvalue weighted by Crippen LogP contribution is 2.14. The molecule has 6 heteroatoms. The molecule has 0 amide bonds. The second kappa shape index (κ2) is 4.62. The normalized spacial score (nSPS) is 10.0. The number of nitrogens with zero attached hydrogens (tertiary/aromatic N) is 2. The van der Waals surface area contributed by atoms with Crippen molar-refractivity contribution in [2.24, 2.45) is 0 Å². The van der Waals surface area contributed by atoms with Crippen LogP contribution in [0, 0.1) is 0 Å². The highest BCUT2D eigenvalue weighted by atomic mass is 16.4. The van der Waals surface area contributed by atoms with Gasteiger partial charge in [-0.15, -0.1) is 0 Å². The number of carbonyl (C=O) groups excluding carboxylic acids is 2. The molecule has 0 bridgehead atoms. The van der Waals surface area contributed by atoms with Crippen LogP contribution in [0.2, 0.25) is 0 Å². The molecule has 0 saturated heterocycles. The van der Waals surface area contributed by atoms with Crippen molar-refractivity contribution in [3.05, 3.63) is 47.8 Å². The first kappa shape index (κ1) is 11.7. The lowest BCUT2D eigenvalue weighted by Gasteiger charge is -2.06. The van der Waals surface area contributed by atoms with Gasteiger partial charge in [0, 0.05) is 0 Å². The monoisotopic (exact) mass is 242 g/mol. The van der Waals surface area contributed by atoms with Crippen LogP contribution in [0.1, 0.15) is 21.0 Å². The Morgan fingerprint density at radius 1 is 0.778 bits per heavy atom. The zero-order valence-corrected chi connectivity index (χ0v) is 8.99. The summed E-state index contributed by atoms with van der Waals surface area (Å²) in [6.45, 7) is 0. The maximum atomic E-state index is 10.7. The van der Waals surface area contributed by atoms with E-state index in [0.29, 0.717) is 0 Å². The number of rotatable bonds is 3. The molecule has 0 aromatic carbocycles. The molecule has 0 fully saturated rings. The Balaban J connectivity index is 2.48. The second-order valence-corrected chi connectivity index (χ2v) is 3.39. The van der Waals surface area contributed by atoms with Crippen LogP contribution in [0.3, 0.4) is 0 Å². The van der Waals surface area contributed by atoms with Gasteiger partial charge in [-0.1, -0.05) is 12.1 Å². The smallest absolute Gasteiger partial charge is 0.0900 e. The molecule has 6 nitrogen and oxygen atoms in total. The first-order valence-corrected chi connectivity index (χ1v) is 4.95. The van der Waals surface area contributed by atoms with E-state index in [1.165, 1.54) is 36.4 Å². The minimum Gasteiger partial charge on any atom is -0.543 e. The van der Waals surface area contributed by atoms with Crippen molar-refractivity contribution in [2.45, 2.75) is 0 Å². The van der Waals surface area contributed by atoms with Gasteiger partial charge < -0.3 is 19.8 Å². The molecular weight excluding hydrogens is 236 g/mol. The number of pyridine rings is 2. The summed E-state index contributed by atoms with van der Waals surface area (Å²) in [6.07, 6.45) is 0. The van der Waals surface area contributed by atoms with E-state index in [-0.39, 0.29) is 22.8 Å². The van der Waals surface area contributed by atoms with E-state index in [9.17, 15) is 19.8 Å². The van der Waals surface area contributed by atoms with E-state index in [2.05, 4.69) is 9.97 Å². The van der Waals surface area contributed by atoms with Crippen molar-refractivity contribution in [2.75, 3.05) is 0 Å². The fraction of sp³-hybridized carbons (Fsp3) is 0. The number of hydrogen-bond acceptors (Lipinski definition) is 6. The molecule has 0 atom stereocenters. The number of hydrogen-bond donors (Lipinski definition) is 0. The summed E-state index contributed by atoms with van der Waals surface area (Å²) >= 11 is 0. The molecule has 0 saturated carbocycles. The van der Waals surface area contributed by atoms with Crippen molar-refractivity contribution >= 4 is 11.9 Å². The Bertz CT molecular complexity index is 569. The summed E-state index contributed by atoms with van der Waals surface area (Å²) in [5.74, 6) is -2.82. The molecule has 0 aliphatic carbocycles. The third-order valence-corrected chi connectivity index (χ3v) is 2.18. The van der Waals surface area contributed by atoms with Gasteiger partial charge in [-0.3, -0.25) is 0 Å². The summed E-state index contributed by atoms with van der Waals surface area (Å²) in [5, 5.41) is 21.3. The molecule has 90 valence electrons. The fourth-order valence-corrected chi connectivity index (χ4v) is 1.38. The second-order valence-electron chi connectivity index (χ2n) is 3.39. The standard InChI is InChI=1S/C12H8N2O4/c15-11(16)9-5-1-3-7(13-9)8-4-2-6-10(14-8)12(17)18/h1-6H,(H,15,16)(H,17,18)/p-2. The summed E-state index contributed by atoms with van der Waals surface area (Å²) in [6, 6.07) is 8.55. The van der Waals surface area contributed by atoms with Crippen molar-refractivity contribution in [1.29, 1.82) is 0 Å². The van der Waals surface area contributed by atoms with Gasteiger partial charge in [0.05, 0.1) is 34.7 Å². The van der Waals surface area contributed by atoms with E-state index < -0.39 is 11.9 Å². The summed E-state index contributed by atoms with van der Waals surface area (Å²) in [4.78, 5) is 28.9. The Morgan fingerprint density at radius 2 is 1.17 bits per heavy atom. The van der Waals surface area contributed by atoms with Crippen LogP contribution in [-0.4, -0.2) is 21.9 Å². The molecule has 2 heterocycles. The van der Waals surface area contributed by atoms with Gasteiger partial charge in [0.15, 0.2) is 0 Å². The van der Waals surface area contributed by atoms with Crippen LogP contribution in [0.15, 0.2) is 36.4 Å². The van der Waals surface area contributed by atoms with E-state index in [0.717, 1.165) is 0 Å². The molecular formula is C12H6N2O4-2. The Morgan fingerprint density at radius 3 is 1.50 bits per heavy atom. The lowest BCUT2D eigenvalue weighted by Crippen LogP contribution is -2.24. The molecule has 0 aliphatic rings. The van der Waals surface area contributed by atoms with E-state index in [1.54, 1.807) is 0 Å². The number of carbonyl (C=O) groups is 2. The van der Waals surface area contributed by atoms with Gasteiger partial charge in [0.2, 0.25) is 0 Å². The van der Waals surface area contributed by atoms with Gasteiger partial charge in [-0.05, 0) is 24.3 Å². The quantitative estimate of drug-likeness (QED) is 0.674. The van der Waals surface area contributed by atoms with E-state index >= 15 is 0 Å². The molecule has 0 spiro atoms. The van der Waals surface area contributed by atoms with Crippen molar-refractivity contribution in [3.63, 3.8) is 0 Å². The Labute approximate surface area is 102 Å². The van der Waals surface area contributed by atoms with Crippen LogP contribution >= 0.6 is 0 Å². The average Bonchev–Trinajstić information content (AvgIpc) is 2.39. The average molecular weight is 242 g/mol. The van der Waals surface area contributed by atoms with Gasteiger partial charge in [-0.2, -0.15) is 0 Å². The van der Waals surface area contributed by atoms with E-state index in [1.807, 2.05) is 0 Å². The number of carboxylic acid groups (broad SMARTS) is 2. The highest BCUT2D eigenvalue weighted by Gasteiger charge is 2.04. The number of aromatic nitrogens is 2. The van der Waals surface area contributed by atoms with Crippen LogP contribution in [0.25, 0.3) is 11.4 Å². The van der Waals surface area contributed by atoms with E-state index in [4.69, 9.17) is 0 Å². The molecule has 2 rings (SSSR count). The van der Waals surface area contributed by atoms with Gasteiger partial charge in [0.25, 0.3) is 0 Å². The first-order chi connectivity index (χ1) is 8.58. The number of carboxylic acids is 2. The molecule has 0 radical (unpaired) electrons. The minimum atomic E-state index is -1.41. The van der Waals surface area contributed by atoms with Gasteiger partial charge in [-0.25, -0.2) is 9.97 Å². The maximum Gasteiger partial charge on any atom is 0.0900 e. The van der Waals surface area contributed by atoms with Crippen LogP contribution in [0.4, 0.5) is 0 Å². The van der Waals surface area contributed by atoms with Crippen LogP contribution in [0.5, 0.6) is 0 Å². The molecule has 2 aromatic rings. The van der Waals surface area contributed by atoms with Crippen LogP contribution in [-0.2, 0) is 0 Å². The molecule has 2 aromatic heterocycles. The zero-order valence-electron chi connectivity index (χ0n) is 8.99. The van der Waals surface area contributed by atoms with Crippen molar-refractivity contribution < 1.29 is 19.8 Å². The third kappa shape index (κ3) is 2.32. The summed E-state index contributed by atoms with van der Waals surface area (Å²) in [5.41, 5.74) is 0.0147. The highest BCUT2D eigenvalue weighted by molar-refractivity contribution is 5.85. The third-order valence-electron chi connectivity index (χ3n) is 2.18. The van der Waals surface area contributed by atoms with Crippen molar-refractivity contribution in [3.8, 4) is 11.4 Å². The summed E-state index contributed by atoms with van der Waals surface area (Å²) in [7, 11) is 0. The predicted octanol–water partition coefficient (Wildman–Crippen LogP) is -1.13. The zero-order chi connectivity index (χ0) is 13.1. The fourth-order valence-electron chi connectivity index (χ4n) is 1.38. The lowest BCUT2D eigenvalue weighted by molar-refractivity contribution is -0.256. The van der Waals surface area contributed by atoms with Crippen LogP contribution < -0.4 is 10.2 Å². The maximum absolute atomic E-state index is 10.7. The molecule has 18 heavy (non-hydrogen) atoms. The molecule has 0 aliphatic heterocycles. The molecule has 0 unspecified atom stereocenters. The van der Waals surface area contributed by atoms with Gasteiger partial charge >= 0.3 is 0 Å². The lowest BCUT2D eigenvalue weighted by atomic mass is 10.2. The topological polar surface area (TPSA) is 106 Å². The van der Waals surface area contributed by atoms with Gasteiger partial charge in [0.1, 0.15) is 0 Å². The molecule has 0 N–H and O–H groups in total. The van der Waals surface area contributed by atoms with Crippen molar-refractivity contribution in [1.82, 2.24) is 9.97 Å². The first-order valence-electron chi connectivity index (χ1n) is 4.95. The number of aromatic carboxylic acids is 2. The minimum absolute atomic E-state index is 0.242. The SMILES string of the molecule is O=C([O-])c1cccc(-c2cccc(C(=O)[O-])n2)n1. The summed E-state index contributed by atoms with van der Waals surface area (Å²) < 4.78 is 0. The Kier molecular flexibility index (Phi) is 3.01. The largest absolute Gasteiger partial charge is 0.543 e. The Hall–Kier alpha value is -2.76. The predicted molar refractivity (Wildman–Crippen MR) is 56.1 cm³/mol.